The predicted molar refractivity (Wildman–Crippen MR) is 78.1 cm³/mol. The minimum absolute atomic E-state index is 0.124. The van der Waals surface area contributed by atoms with Crippen LogP contribution in [0.2, 0.25) is 0 Å². The first-order chi connectivity index (χ1) is 8.41. The molecule has 1 rings (SSSR count). The standard InChI is InChI=1S/C14H27NO2S/c1-10-12(15-8-5-9-18-4)7-6-11(13(16)17)14(10,2)3/h10-12,15H,5-9H2,1-4H3,(H,16,17). The zero-order valence-electron chi connectivity index (χ0n) is 12.0. The number of carbonyl (C=O) groups is 1. The molecule has 1 aliphatic rings. The van der Waals surface area contributed by atoms with Gasteiger partial charge in [0.25, 0.3) is 0 Å². The lowest BCUT2D eigenvalue weighted by molar-refractivity contribution is -0.150. The molecule has 2 N–H and O–H groups in total. The Balaban J connectivity index is 2.52. The highest BCUT2D eigenvalue weighted by Crippen LogP contribution is 2.44. The van der Waals surface area contributed by atoms with Gasteiger partial charge in [-0.15, -0.1) is 0 Å². The number of carboxylic acid groups (broad SMARTS) is 1. The van der Waals surface area contributed by atoms with E-state index in [1.54, 1.807) is 0 Å². The summed E-state index contributed by atoms with van der Waals surface area (Å²) in [6.07, 6.45) is 5.10. The minimum Gasteiger partial charge on any atom is -0.481 e. The van der Waals surface area contributed by atoms with Crippen LogP contribution in [0.15, 0.2) is 0 Å². The number of carboxylic acids is 1. The summed E-state index contributed by atoms with van der Waals surface area (Å²) < 4.78 is 0. The average Bonchev–Trinajstić information content (AvgIpc) is 2.29. The molecule has 0 spiro atoms. The Morgan fingerprint density at radius 3 is 2.67 bits per heavy atom. The fraction of sp³-hybridized carbons (Fsp3) is 0.929. The van der Waals surface area contributed by atoms with Gasteiger partial charge in [0.05, 0.1) is 5.92 Å². The van der Waals surface area contributed by atoms with Crippen molar-refractivity contribution in [3.8, 4) is 0 Å². The van der Waals surface area contributed by atoms with E-state index in [1.165, 1.54) is 12.2 Å². The van der Waals surface area contributed by atoms with Gasteiger partial charge in [0.15, 0.2) is 0 Å². The van der Waals surface area contributed by atoms with Crippen LogP contribution in [0.4, 0.5) is 0 Å². The van der Waals surface area contributed by atoms with Crippen molar-refractivity contribution < 1.29 is 9.90 Å². The summed E-state index contributed by atoms with van der Waals surface area (Å²) in [5, 5.41) is 12.9. The third kappa shape index (κ3) is 3.64. The highest BCUT2D eigenvalue weighted by molar-refractivity contribution is 7.98. The van der Waals surface area contributed by atoms with Crippen LogP contribution < -0.4 is 5.32 Å². The van der Waals surface area contributed by atoms with E-state index in [4.69, 9.17) is 0 Å². The van der Waals surface area contributed by atoms with Crippen molar-refractivity contribution in [2.24, 2.45) is 17.3 Å². The Hall–Kier alpha value is -0.220. The van der Waals surface area contributed by atoms with Crippen LogP contribution in [0.25, 0.3) is 0 Å². The monoisotopic (exact) mass is 273 g/mol. The molecule has 1 fully saturated rings. The normalized spacial score (nSPS) is 31.2. The van der Waals surface area contributed by atoms with Crippen LogP contribution >= 0.6 is 11.8 Å². The topological polar surface area (TPSA) is 49.3 Å². The molecule has 0 aromatic rings. The molecule has 0 amide bonds. The molecule has 0 radical (unpaired) electrons. The molecule has 1 saturated carbocycles. The molecule has 0 aromatic carbocycles. The van der Waals surface area contributed by atoms with Crippen molar-refractivity contribution in [1.82, 2.24) is 5.32 Å². The number of hydrogen-bond donors (Lipinski definition) is 2. The Bertz CT molecular complexity index is 281. The minimum atomic E-state index is -0.632. The van der Waals surface area contributed by atoms with Crippen molar-refractivity contribution >= 4 is 17.7 Å². The largest absolute Gasteiger partial charge is 0.481 e. The van der Waals surface area contributed by atoms with Gasteiger partial charge in [0, 0.05) is 6.04 Å². The fourth-order valence-electron chi connectivity index (χ4n) is 3.03. The third-order valence-electron chi connectivity index (χ3n) is 4.67. The van der Waals surface area contributed by atoms with Gasteiger partial charge in [-0.3, -0.25) is 4.79 Å². The maximum absolute atomic E-state index is 11.3. The third-order valence-corrected chi connectivity index (χ3v) is 5.37. The van der Waals surface area contributed by atoms with E-state index in [2.05, 4.69) is 32.3 Å². The zero-order valence-corrected chi connectivity index (χ0v) is 12.8. The molecule has 106 valence electrons. The lowest BCUT2D eigenvalue weighted by atomic mass is 9.61. The van der Waals surface area contributed by atoms with Crippen LogP contribution in [-0.4, -0.2) is 35.7 Å². The molecule has 0 aliphatic heterocycles. The smallest absolute Gasteiger partial charge is 0.307 e. The van der Waals surface area contributed by atoms with E-state index >= 15 is 0 Å². The Labute approximate surface area is 115 Å². The van der Waals surface area contributed by atoms with Gasteiger partial charge in [0.1, 0.15) is 0 Å². The second kappa shape index (κ2) is 6.80. The number of rotatable bonds is 6. The van der Waals surface area contributed by atoms with Crippen molar-refractivity contribution in [3.05, 3.63) is 0 Å². The Morgan fingerprint density at radius 1 is 1.44 bits per heavy atom. The quantitative estimate of drug-likeness (QED) is 0.731. The van der Waals surface area contributed by atoms with E-state index in [0.29, 0.717) is 12.0 Å². The first-order valence-electron chi connectivity index (χ1n) is 6.86. The molecule has 3 atom stereocenters. The molecule has 0 bridgehead atoms. The molecule has 0 saturated heterocycles. The van der Waals surface area contributed by atoms with Gasteiger partial charge >= 0.3 is 5.97 Å². The van der Waals surface area contributed by atoms with Gasteiger partial charge in [-0.2, -0.15) is 11.8 Å². The van der Waals surface area contributed by atoms with E-state index in [1.807, 2.05) is 11.8 Å². The van der Waals surface area contributed by atoms with Crippen molar-refractivity contribution in [1.29, 1.82) is 0 Å². The van der Waals surface area contributed by atoms with Crippen LogP contribution in [0, 0.1) is 17.3 Å². The number of hydrogen-bond acceptors (Lipinski definition) is 3. The van der Waals surface area contributed by atoms with E-state index < -0.39 is 5.97 Å². The molecule has 4 heteroatoms. The van der Waals surface area contributed by atoms with E-state index in [-0.39, 0.29) is 11.3 Å². The van der Waals surface area contributed by atoms with Gasteiger partial charge in [-0.1, -0.05) is 20.8 Å². The van der Waals surface area contributed by atoms with Crippen molar-refractivity contribution in [2.75, 3.05) is 18.6 Å². The second-order valence-electron chi connectivity index (χ2n) is 5.99. The van der Waals surface area contributed by atoms with E-state index in [0.717, 1.165) is 19.4 Å². The Kier molecular flexibility index (Phi) is 5.99. The molecular weight excluding hydrogens is 246 g/mol. The lowest BCUT2D eigenvalue weighted by Crippen LogP contribution is -2.51. The number of aliphatic carboxylic acids is 1. The SMILES string of the molecule is CSCCCNC1CCC(C(=O)O)C(C)(C)C1C. The van der Waals surface area contributed by atoms with Crippen molar-refractivity contribution in [3.63, 3.8) is 0 Å². The maximum Gasteiger partial charge on any atom is 0.307 e. The highest BCUT2D eigenvalue weighted by atomic mass is 32.2. The molecule has 3 unspecified atom stereocenters. The molecule has 3 nitrogen and oxygen atoms in total. The average molecular weight is 273 g/mol. The molecule has 0 heterocycles. The first kappa shape index (κ1) is 15.8. The summed E-state index contributed by atoms with van der Waals surface area (Å²) in [7, 11) is 0. The summed E-state index contributed by atoms with van der Waals surface area (Å²) in [6, 6.07) is 0.470. The van der Waals surface area contributed by atoms with Gasteiger partial charge in [-0.25, -0.2) is 0 Å². The zero-order chi connectivity index (χ0) is 13.8. The van der Waals surface area contributed by atoms with Crippen molar-refractivity contribution in [2.45, 2.75) is 46.1 Å². The second-order valence-corrected chi connectivity index (χ2v) is 6.97. The first-order valence-corrected chi connectivity index (χ1v) is 8.25. The van der Waals surface area contributed by atoms with Gasteiger partial charge in [-0.05, 0) is 49.1 Å². The molecule has 18 heavy (non-hydrogen) atoms. The number of thioether (sulfide) groups is 1. The van der Waals surface area contributed by atoms with Crippen LogP contribution in [-0.2, 0) is 4.79 Å². The lowest BCUT2D eigenvalue weighted by Gasteiger charge is -2.46. The maximum atomic E-state index is 11.3. The summed E-state index contributed by atoms with van der Waals surface area (Å²) in [4.78, 5) is 11.3. The van der Waals surface area contributed by atoms with Gasteiger partial charge in [0.2, 0.25) is 0 Å². The summed E-state index contributed by atoms with van der Waals surface area (Å²) in [6.45, 7) is 7.45. The summed E-state index contributed by atoms with van der Waals surface area (Å²) >= 11 is 1.88. The fourth-order valence-corrected chi connectivity index (χ4v) is 3.46. The molecule has 0 aromatic heterocycles. The summed E-state index contributed by atoms with van der Waals surface area (Å²) in [5.41, 5.74) is -0.124. The molecule has 1 aliphatic carbocycles. The highest BCUT2D eigenvalue weighted by Gasteiger charge is 2.45. The number of nitrogens with one attached hydrogen (secondary N) is 1. The van der Waals surface area contributed by atoms with Gasteiger partial charge < -0.3 is 10.4 Å². The molecular formula is C14H27NO2S. The predicted octanol–water partition coefficient (Wildman–Crippen LogP) is 2.85. The Morgan fingerprint density at radius 2 is 2.11 bits per heavy atom. The van der Waals surface area contributed by atoms with Crippen LogP contribution in [0.5, 0.6) is 0 Å². The summed E-state index contributed by atoms with van der Waals surface area (Å²) in [5.74, 6) is 0.765. The van der Waals surface area contributed by atoms with E-state index in [9.17, 15) is 9.90 Å². The van der Waals surface area contributed by atoms with Crippen LogP contribution in [0.1, 0.15) is 40.0 Å². The van der Waals surface area contributed by atoms with Crippen LogP contribution in [0.3, 0.4) is 0 Å².